The third-order valence-corrected chi connectivity index (χ3v) is 5.69. The van der Waals surface area contributed by atoms with Crippen molar-refractivity contribution in [3.05, 3.63) is 53.1 Å². The molecular weight excluding hydrogens is 364 g/mol. The molecule has 27 heavy (non-hydrogen) atoms. The Balaban J connectivity index is 1.85. The van der Waals surface area contributed by atoms with E-state index in [1.165, 1.54) is 23.3 Å². The summed E-state index contributed by atoms with van der Waals surface area (Å²) in [6.07, 6.45) is 2.10. The first-order valence-electron chi connectivity index (χ1n) is 8.86. The van der Waals surface area contributed by atoms with Gasteiger partial charge in [0.25, 0.3) is 5.91 Å². The molecule has 1 aliphatic rings. The Morgan fingerprint density at radius 2 is 1.96 bits per heavy atom. The highest BCUT2D eigenvalue weighted by Crippen LogP contribution is 2.26. The molecule has 1 N–H and O–H groups in total. The van der Waals surface area contributed by atoms with Crippen LogP contribution in [0.1, 0.15) is 28.4 Å². The van der Waals surface area contributed by atoms with Crippen LogP contribution in [0.4, 0.5) is 5.69 Å². The van der Waals surface area contributed by atoms with Crippen LogP contribution in [0.5, 0.6) is 5.75 Å². The van der Waals surface area contributed by atoms with E-state index in [0.717, 1.165) is 25.8 Å². The van der Waals surface area contributed by atoms with E-state index < -0.39 is 9.84 Å². The number of nitrogens with zero attached hydrogens (tertiary/aromatic N) is 1. The van der Waals surface area contributed by atoms with Gasteiger partial charge in [-0.3, -0.25) is 4.79 Å². The van der Waals surface area contributed by atoms with Gasteiger partial charge in [0, 0.05) is 30.6 Å². The van der Waals surface area contributed by atoms with E-state index in [1.54, 1.807) is 13.0 Å². The molecule has 0 radical (unpaired) electrons. The van der Waals surface area contributed by atoms with Gasteiger partial charge < -0.3 is 15.0 Å². The van der Waals surface area contributed by atoms with Gasteiger partial charge in [-0.25, -0.2) is 8.42 Å². The van der Waals surface area contributed by atoms with Crippen LogP contribution in [0.25, 0.3) is 0 Å². The van der Waals surface area contributed by atoms with Crippen LogP contribution in [0.15, 0.2) is 41.3 Å². The molecule has 0 saturated carbocycles. The molecule has 2 aromatic carbocycles. The van der Waals surface area contributed by atoms with Crippen LogP contribution in [-0.4, -0.2) is 45.7 Å². The molecule has 0 saturated heterocycles. The molecule has 0 unspecified atom stereocenters. The molecule has 1 amide bonds. The summed E-state index contributed by atoms with van der Waals surface area (Å²) in [7, 11) is -1.44. The first-order valence-corrected chi connectivity index (χ1v) is 10.8. The average Bonchev–Trinajstić information content (AvgIpc) is 2.61. The summed E-state index contributed by atoms with van der Waals surface area (Å²) in [4.78, 5) is 14.9. The van der Waals surface area contributed by atoms with Crippen LogP contribution in [0, 0.1) is 0 Å². The van der Waals surface area contributed by atoms with Gasteiger partial charge in [0.05, 0.1) is 6.61 Å². The summed E-state index contributed by atoms with van der Waals surface area (Å²) in [6, 6.07) is 10.4. The number of fused-ring (bicyclic) bond motifs is 1. The van der Waals surface area contributed by atoms with E-state index in [1.807, 2.05) is 18.2 Å². The third kappa shape index (κ3) is 4.48. The lowest BCUT2D eigenvalue weighted by Gasteiger charge is -2.25. The lowest BCUT2D eigenvalue weighted by molar-refractivity contribution is 0.102. The number of nitrogens with one attached hydrogen (secondary N) is 1. The normalized spacial score (nSPS) is 14.5. The fourth-order valence-corrected chi connectivity index (χ4v) is 4.03. The fourth-order valence-electron chi connectivity index (χ4n) is 3.19. The summed E-state index contributed by atoms with van der Waals surface area (Å²) in [5, 5.41) is 2.86. The van der Waals surface area contributed by atoms with E-state index >= 15 is 0 Å². The summed E-state index contributed by atoms with van der Waals surface area (Å²) < 4.78 is 29.4. The van der Waals surface area contributed by atoms with Crippen LogP contribution < -0.4 is 10.1 Å². The maximum atomic E-state index is 12.6. The van der Waals surface area contributed by atoms with E-state index in [0.29, 0.717) is 12.3 Å². The van der Waals surface area contributed by atoms with Crippen molar-refractivity contribution in [1.82, 2.24) is 4.90 Å². The standard InChI is InChI=1S/C20H24N2O4S/c1-4-26-18-8-6-15(12-19(18)27(3,24)25)20(23)21-17-7-5-14-9-10-22(2)13-16(14)11-17/h5-8,11-12H,4,9-10,13H2,1-3H3,(H,21,23). The molecule has 0 aromatic heterocycles. The zero-order valence-corrected chi connectivity index (χ0v) is 16.6. The Kier molecular flexibility index (Phi) is 5.53. The number of hydrogen-bond acceptors (Lipinski definition) is 5. The SMILES string of the molecule is CCOc1ccc(C(=O)Nc2ccc3c(c2)CN(C)CC3)cc1S(C)(=O)=O. The number of benzene rings is 2. The first kappa shape index (κ1) is 19.4. The number of rotatable bonds is 5. The number of sulfone groups is 1. The predicted molar refractivity (Wildman–Crippen MR) is 105 cm³/mol. The second kappa shape index (κ2) is 7.70. The number of ether oxygens (including phenoxy) is 1. The average molecular weight is 388 g/mol. The quantitative estimate of drug-likeness (QED) is 0.852. The minimum atomic E-state index is -3.51. The van der Waals surface area contributed by atoms with Crippen LogP contribution in [0.3, 0.4) is 0 Å². The van der Waals surface area contributed by atoms with Gasteiger partial charge in [0.15, 0.2) is 9.84 Å². The zero-order valence-electron chi connectivity index (χ0n) is 15.8. The van der Waals surface area contributed by atoms with E-state index in [4.69, 9.17) is 4.74 Å². The van der Waals surface area contributed by atoms with Gasteiger partial charge in [0.2, 0.25) is 0 Å². The van der Waals surface area contributed by atoms with Gasteiger partial charge >= 0.3 is 0 Å². The monoisotopic (exact) mass is 388 g/mol. The number of amides is 1. The molecule has 2 aromatic rings. The molecule has 0 bridgehead atoms. The zero-order chi connectivity index (χ0) is 19.6. The minimum Gasteiger partial charge on any atom is -0.493 e. The van der Waals surface area contributed by atoms with Crippen molar-refractivity contribution in [3.8, 4) is 5.75 Å². The van der Waals surface area contributed by atoms with Crippen molar-refractivity contribution in [2.24, 2.45) is 0 Å². The van der Waals surface area contributed by atoms with Gasteiger partial charge in [-0.1, -0.05) is 6.07 Å². The molecule has 0 atom stereocenters. The number of anilines is 1. The number of likely N-dealkylation sites (N-methyl/N-ethyl adjacent to an activating group) is 1. The molecule has 144 valence electrons. The Morgan fingerprint density at radius 1 is 1.19 bits per heavy atom. The lowest BCUT2D eigenvalue weighted by Crippen LogP contribution is -2.26. The molecule has 7 heteroatoms. The topological polar surface area (TPSA) is 75.7 Å². The van der Waals surface area contributed by atoms with Gasteiger partial charge in [-0.15, -0.1) is 0 Å². The molecule has 0 spiro atoms. The van der Waals surface area contributed by atoms with Gasteiger partial charge in [-0.05, 0) is 61.9 Å². The molecule has 1 heterocycles. The number of hydrogen-bond donors (Lipinski definition) is 1. The fraction of sp³-hybridized carbons (Fsp3) is 0.350. The van der Waals surface area contributed by atoms with Crippen molar-refractivity contribution in [1.29, 1.82) is 0 Å². The smallest absolute Gasteiger partial charge is 0.255 e. The molecule has 3 rings (SSSR count). The van der Waals surface area contributed by atoms with Crippen molar-refractivity contribution < 1.29 is 17.9 Å². The predicted octanol–water partition coefficient (Wildman–Crippen LogP) is 2.73. The maximum absolute atomic E-state index is 12.6. The maximum Gasteiger partial charge on any atom is 0.255 e. The molecule has 1 aliphatic heterocycles. The largest absolute Gasteiger partial charge is 0.493 e. The van der Waals surface area contributed by atoms with Crippen LogP contribution >= 0.6 is 0 Å². The lowest BCUT2D eigenvalue weighted by atomic mass is 9.99. The summed E-state index contributed by atoms with van der Waals surface area (Å²) in [5.41, 5.74) is 3.47. The van der Waals surface area contributed by atoms with E-state index in [-0.39, 0.29) is 22.1 Å². The first-order chi connectivity index (χ1) is 12.8. The van der Waals surface area contributed by atoms with Crippen molar-refractivity contribution in [2.75, 3.05) is 31.8 Å². The Labute approximate surface area is 160 Å². The summed E-state index contributed by atoms with van der Waals surface area (Å²) in [5.74, 6) is -0.0968. The molecule has 0 aliphatic carbocycles. The highest BCUT2D eigenvalue weighted by Gasteiger charge is 2.19. The summed E-state index contributed by atoms with van der Waals surface area (Å²) >= 11 is 0. The minimum absolute atomic E-state index is 0.0177. The Hall–Kier alpha value is -2.38. The molecule has 6 nitrogen and oxygen atoms in total. The highest BCUT2D eigenvalue weighted by atomic mass is 32.2. The second-order valence-corrected chi connectivity index (χ2v) is 8.78. The molecule has 0 fully saturated rings. The molecular formula is C20H24N2O4S. The Morgan fingerprint density at radius 3 is 2.67 bits per heavy atom. The van der Waals surface area contributed by atoms with Gasteiger partial charge in [-0.2, -0.15) is 0 Å². The third-order valence-electron chi connectivity index (χ3n) is 4.57. The number of carbonyl (C=O) groups is 1. The van der Waals surface area contributed by atoms with E-state index in [9.17, 15) is 13.2 Å². The van der Waals surface area contributed by atoms with Gasteiger partial charge in [0.1, 0.15) is 10.6 Å². The van der Waals surface area contributed by atoms with Crippen molar-refractivity contribution >= 4 is 21.4 Å². The highest BCUT2D eigenvalue weighted by molar-refractivity contribution is 7.90. The van der Waals surface area contributed by atoms with Crippen molar-refractivity contribution in [3.63, 3.8) is 0 Å². The van der Waals surface area contributed by atoms with Crippen LogP contribution in [0.2, 0.25) is 0 Å². The van der Waals surface area contributed by atoms with E-state index in [2.05, 4.69) is 17.3 Å². The van der Waals surface area contributed by atoms with Crippen molar-refractivity contribution in [2.45, 2.75) is 24.8 Å². The van der Waals surface area contributed by atoms with Crippen LogP contribution in [-0.2, 0) is 22.8 Å². The second-order valence-electron chi connectivity index (χ2n) is 6.79. The summed E-state index contributed by atoms with van der Waals surface area (Å²) in [6.45, 7) is 4.00. The number of carbonyl (C=O) groups excluding carboxylic acids is 1. The Bertz CT molecular complexity index is 970.